The zero-order valence-corrected chi connectivity index (χ0v) is 15.6. The fraction of sp³-hybridized carbons (Fsp3) is 0.438. The van der Waals surface area contributed by atoms with Crippen molar-refractivity contribution in [3.05, 3.63) is 39.1 Å². The van der Waals surface area contributed by atoms with E-state index in [4.69, 9.17) is 4.74 Å². The molecule has 0 radical (unpaired) electrons. The number of hydrogen-bond donors (Lipinski definition) is 2. The number of nitrogens with one attached hydrogen (secondary N) is 2. The lowest BCUT2D eigenvalue weighted by Gasteiger charge is -2.07. The maximum Gasteiger partial charge on any atom is 0.321 e. The molecule has 2 N–H and O–H groups in total. The molecule has 3 atom stereocenters. The van der Waals surface area contributed by atoms with E-state index in [1.807, 2.05) is 6.07 Å². The molecule has 2 aliphatic rings. The van der Waals surface area contributed by atoms with Crippen LogP contribution in [0.2, 0.25) is 0 Å². The van der Waals surface area contributed by atoms with Gasteiger partial charge in [0.25, 0.3) is 0 Å². The van der Waals surface area contributed by atoms with E-state index in [2.05, 4.69) is 36.8 Å². The van der Waals surface area contributed by atoms with E-state index in [1.165, 1.54) is 17.4 Å². The van der Waals surface area contributed by atoms with Crippen LogP contribution in [-0.4, -0.2) is 28.9 Å². The lowest BCUT2D eigenvalue weighted by atomic mass is 10.1. The van der Waals surface area contributed by atoms with Crippen molar-refractivity contribution in [3.8, 4) is 0 Å². The van der Waals surface area contributed by atoms with Gasteiger partial charge in [0.15, 0.2) is 0 Å². The van der Waals surface area contributed by atoms with Gasteiger partial charge in [-0.25, -0.2) is 9.18 Å². The van der Waals surface area contributed by atoms with Crippen LogP contribution < -0.4 is 10.6 Å². The first kappa shape index (κ1) is 16.9. The number of carbonyl (C=O) groups is 1. The van der Waals surface area contributed by atoms with Crippen LogP contribution in [0.4, 0.5) is 14.3 Å². The smallest absolute Gasteiger partial charge is 0.321 e. The number of aromatic nitrogens is 2. The van der Waals surface area contributed by atoms with Crippen molar-refractivity contribution < 1.29 is 13.9 Å². The number of halogens is 2. The number of amides is 2. The molecule has 6 nitrogen and oxygen atoms in total. The van der Waals surface area contributed by atoms with Crippen LogP contribution in [0.3, 0.4) is 0 Å². The van der Waals surface area contributed by atoms with Crippen LogP contribution in [0.5, 0.6) is 0 Å². The van der Waals surface area contributed by atoms with Crippen LogP contribution in [0, 0.1) is 5.82 Å². The minimum Gasteiger partial charge on any atom is -0.371 e. The third-order valence-electron chi connectivity index (χ3n) is 4.34. The van der Waals surface area contributed by atoms with Gasteiger partial charge in [-0.2, -0.15) is 0 Å². The molecule has 132 valence electrons. The predicted octanol–water partition coefficient (Wildman–Crippen LogP) is 3.97. The maximum absolute atomic E-state index is 14.0. The molecule has 2 fully saturated rings. The lowest BCUT2D eigenvalue weighted by molar-refractivity contribution is 0.111. The van der Waals surface area contributed by atoms with Crippen LogP contribution >= 0.6 is 27.3 Å². The van der Waals surface area contributed by atoms with Crippen molar-refractivity contribution in [2.45, 2.75) is 37.3 Å². The maximum atomic E-state index is 14.0. The summed E-state index contributed by atoms with van der Waals surface area (Å²) in [7, 11) is 0. The molecule has 1 unspecified atom stereocenters. The highest BCUT2D eigenvalue weighted by atomic mass is 79.9. The summed E-state index contributed by atoms with van der Waals surface area (Å²) >= 11 is 4.69. The molecule has 1 aromatic carbocycles. The number of ether oxygens (including phenoxy) is 1. The number of anilines is 1. The molecule has 25 heavy (non-hydrogen) atoms. The topological polar surface area (TPSA) is 76.1 Å². The first-order valence-corrected chi connectivity index (χ1v) is 9.69. The molecule has 2 amide bonds. The standard InChI is InChI=1S/C16H16BrFN4O2S/c17-9-3-1-4-10(18)13(9)8-7-11(8)19-15(23)20-16-22-21-14(25-16)12-5-2-6-24-12/h1,3-4,8,11-12H,2,5-7H2,(H2,19,20,22,23)/t8-,11-,12?/m1/s1. The van der Waals surface area contributed by atoms with Gasteiger partial charge in [-0.3, -0.25) is 5.32 Å². The summed E-state index contributed by atoms with van der Waals surface area (Å²) in [6.07, 6.45) is 2.65. The van der Waals surface area contributed by atoms with E-state index < -0.39 is 0 Å². The molecule has 0 bridgehead atoms. The molecule has 1 saturated carbocycles. The van der Waals surface area contributed by atoms with E-state index >= 15 is 0 Å². The van der Waals surface area contributed by atoms with Gasteiger partial charge in [0.2, 0.25) is 5.13 Å². The Morgan fingerprint density at radius 3 is 3.04 bits per heavy atom. The molecule has 1 aromatic heterocycles. The highest BCUT2D eigenvalue weighted by Crippen LogP contribution is 2.45. The van der Waals surface area contributed by atoms with E-state index in [9.17, 15) is 9.18 Å². The summed E-state index contributed by atoms with van der Waals surface area (Å²) in [5, 5.41) is 14.8. The Bertz CT molecular complexity index is 776. The van der Waals surface area contributed by atoms with E-state index in [0.29, 0.717) is 17.1 Å². The van der Waals surface area contributed by atoms with Gasteiger partial charge in [-0.05, 0) is 31.4 Å². The summed E-state index contributed by atoms with van der Waals surface area (Å²) in [6.45, 7) is 0.738. The molecule has 0 spiro atoms. The van der Waals surface area contributed by atoms with Gasteiger partial charge < -0.3 is 10.1 Å². The number of carbonyl (C=O) groups excluding carboxylic acids is 1. The largest absolute Gasteiger partial charge is 0.371 e. The minimum atomic E-state index is -0.352. The minimum absolute atomic E-state index is 0.0117. The van der Waals surface area contributed by atoms with Gasteiger partial charge in [0.05, 0.1) is 0 Å². The molecular weight excluding hydrogens is 411 g/mol. The van der Waals surface area contributed by atoms with Crippen LogP contribution in [0.1, 0.15) is 41.9 Å². The number of benzene rings is 1. The number of urea groups is 1. The summed E-state index contributed by atoms with van der Waals surface area (Å²) in [5.74, 6) is -0.271. The average molecular weight is 427 g/mol. The summed E-state index contributed by atoms with van der Waals surface area (Å²) in [6, 6.07) is 4.46. The Morgan fingerprint density at radius 1 is 1.40 bits per heavy atom. The Labute approximate surface area is 156 Å². The van der Waals surface area contributed by atoms with Gasteiger partial charge in [-0.1, -0.05) is 33.3 Å². The number of rotatable bonds is 4. The average Bonchev–Trinajstić information content (AvgIpc) is 3.00. The third kappa shape index (κ3) is 3.68. The lowest BCUT2D eigenvalue weighted by Crippen LogP contribution is -2.31. The third-order valence-corrected chi connectivity index (χ3v) is 5.97. The van der Waals surface area contributed by atoms with Crippen LogP contribution in [0.25, 0.3) is 0 Å². The van der Waals surface area contributed by atoms with Crippen molar-refractivity contribution in [3.63, 3.8) is 0 Å². The van der Waals surface area contributed by atoms with E-state index in [0.717, 1.165) is 28.9 Å². The zero-order chi connectivity index (χ0) is 17.4. The molecule has 9 heteroatoms. The molecule has 4 rings (SSSR count). The number of nitrogens with zero attached hydrogens (tertiary/aromatic N) is 2. The first-order valence-electron chi connectivity index (χ1n) is 8.08. The van der Waals surface area contributed by atoms with Crippen LogP contribution in [0.15, 0.2) is 22.7 Å². The molecule has 1 aliphatic heterocycles. The first-order chi connectivity index (χ1) is 12.1. The quantitative estimate of drug-likeness (QED) is 0.775. The second-order valence-electron chi connectivity index (χ2n) is 6.13. The van der Waals surface area contributed by atoms with E-state index in [1.54, 1.807) is 6.07 Å². The van der Waals surface area contributed by atoms with Gasteiger partial charge in [0, 0.05) is 28.6 Å². The molecule has 2 heterocycles. The van der Waals surface area contributed by atoms with Gasteiger partial charge >= 0.3 is 6.03 Å². The predicted molar refractivity (Wildman–Crippen MR) is 95.2 cm³/mol. The summed E-state index contributed by atoms with van der Waals surface area (Å²) < 4.78 is 20.2. The fourth-order valence-electron chi connectivity index (χ4n) is 3.03. The summed E-state index contributed by atoms with van der Waals surface area (Å²) in [4.78, 5) is 12.1. The molecule has 2 aromatic rings. The van der Waals surface area contributed by atoms with Gasteiger partial charge in [-0.15, -0.1) is 10.2 Å². The SMILES string of the molecule is O=C(Nc1nnc(C2CCCO2)s1)N[C@@H]1C[C@H]1c1c(F)cccc1Br. The highest BCUT2D eigenvalue weighted by Gasteiger charge is 2.42. The molecule has 1 aliphatic carbocycles. The van der Waals surface area contributed by atoms with Crippen molar-refractivity contribution in [1.82, 2.24) is 15.5 Å². The Kier molecular flexibility index (Phi) is 4.70. The second-order valence-corrected chi connectivity index (χ2v) is 7.99. The molecule has 1 saturated heterocycles. The Morgan fingerprint density at radius 2 is 2.28 bits per heavy atom. The van der Waals surface area contributed by atoms with Crippen molar-refractivity contribution in [1.29, 1.82) is 0 Å². The van der Waals surface area contributed by atoms with Crippen molar-refractivity contribution >= 4 is 38.4 Å². The summed E-state index contributed by atoms with van der Waals surface area (Å²) in [5.41, 5.74) is 0.615. The monoisotopic (exact) mass is 426 g/mol. The van der Waals surface area contributed by atoms with Crippen molar-refractivity contribution in [2.75, 3.05) is 11.9 Å². The Balaban J connectivity index is 1.33. The van der Waals surface area contributed by atoms with E-state index in [-0.39, 0.29) is 29.9 Å². The second kappa shape index (κ2) is 6.97. The zero-order valence-electron chi connectivity index (χ0n) is 13.2. The van der Waals surface area contributed by atoms with Gasteiger partial charge in [0.1, 0.15) is 16.9 Å². The fourth-order valence-corrected chi connectivity index (χ4v) is 4.49. The van der Waals surface area contributed by atoms with Crippen molar-refractivity contribution in [2.24, 2.45) is 0 Å². The highest BCUT2D eigenvalue weighted by molar-refractivity contribution is 9.10. The molecular formula is C16H16BrFN4O2S. The number of hydrogen-bond acceptors (Lipinski definition) is 5. The Hall–Kier alpha value is -1.58. The van der Waals surface area contributed by atoms with Crippen LogP contribution in [-0.2, 0) is 4.74 Å². The normalized spacial score (nSPS) is 25.0.